The van der Waals surface area contributed by atoms with E-state index in [1.807, 2.05) is 0 Å². The summed E-state index contributed by atoms with van der Waals surface area (Å²) in [6.07, 6.45) is 0. The fraction of sp³-hybridized carbons (Fsp3) is 0.0476. The molecule has 0 aliphatic rings. The Kier molecular flexibility index (Phi) is 5.58. The summed E-state index contributed by atoms with van der Waals surface area (Å²) in [5.74, 6) is 0.858. The van der Waals surface area contributed by atoms with Crippen LogP contribution in [0.4, 0.5) is 0 Å². The van der Waals surface area contributed by atoms with E-state index in [0.717, 1.165) is 10.8 Å². The Morgan fingerprint density at radius 3 is 2.07 bits per heavy atom. The summed E-state index contributed by atoms with van der Waals surface area (Å²) in [6, 6.07) is 14.2. The van der Waals surface area contributed by atoms with Crippen LogP contribution >= 0.6 is 23.2 Å². The molecule has 0 unspecified atom stereocenters. The molecule has 4 rings (SSSR count). The van der Waals surface area contributed by atoms with Crippen molar-refractivity contribution in [1.29, 1.82) is 0 Å². The zero-order chi connectivity index (χ0) is 20.4. The van der Waals surface area contributed by atoms with Gasteiger partial charge in [-0.3, -0.25) is 0 Å². The Balaban J connectivity index is 0.000000161. The number of methoxy groups -OCH3 is 1. The third kappa shape index (κ3) is 3.81. The van der Waals surface area contributed by atoms with Gasteiger partial charge in [-0.25, -0.2) is 0 Å². The molecular formula is C21H16Cl2O5. The minimum atomic E-state index is -0.0222. The van der Waals surface area contributed by atoms with Gasteiger partial charge in [-0.1, -0.05) is 29.3 Å². The second kappa shape index (κ2) is 7.92. The summed E-state index contributed by atoms with van der Waals surface area (Å²) < 4.78 is 5.11. The van der Waals surface area contributed by atoms with E-state index in [0.29, 0.717) is 16.5 Å². The maximum atomic E-state index is 9.60. The number of fused-ring (bicyclic) bond motifs is 2. The van der Waals surface area contributed by atoms with Crippen LogP contribution in [0.2, 0.25) is 10.0 Å². The molecule has 4 N–H and O–H groups in total. The van der Waals surface area contributed by atoms with Gasteiger partial charge < -0.3 is 25.2 Å². The predicted molar refractivity (Wildman–Crippen MR) is 111 cm³/mol. The smallest absolute Gasteiger partial charge is 0.142 e. The Morgan fingerprint density at radius 1 is 0.714 bits per heavy atom. The summed E-state index contributed by atoms with van der Waals surface area (Å²) in [5, 5.41) is 40.8. The molecule has 4 aromatic rings. The Morgan fingerprint density at radius 2 is 1.36 bits per heavy atom. The van der Waals surface area contributed by atoms with Crippen molar-refractivity contribution in [3.05, 3.63) is 64.6 Å². The van der Waals surface area contributed by atoms with E-state index in [1.165, 1.54) is 12.1 Å². The molecule has 5 nitrogen and oxygen atoms in total. The maximum Gasteiger partial charge on any atom is 0.142 e. The minimum absolute atomic E-state index is 0.0131. The molecule has 0 atom stereocenters. The average Bonchev–Trinajstić information content (AvgIpc) is 2.67. The SMILES string of the molecule is COc1cc(O)cc2cc(O)ccc12.Oc1ccc2c(O)c(Cl)ccc2c1Cl. The van der Waals surface area contributed by atoms with Crippen LogP contribution in [0.15, 0.2) is 54.6 Å². The van der Waals surface area contributed by atoms with Crippen LogP contribution in [-0.2, 0) is 0 Å². The fourth-order valence-electron chi connectivity index (χ4n) is 2.79. The first-order valence-corrected chi connectivity index (χ1v) is 8.85. The van der Waals surface area contributed by atoms with Crippen molar-refractivity contribution in [3.63, 3.8) is 0 Å². The van der Waals surface area contributed by atoms with Crippen LogP contribution in [0.1, 0.15) is 0 Å². The predicted octanol–water partition coefficient (Wildman–Crippen LogP) is 5.82. The van der Waals surface area contributed by atoms with Crippen molar-refractivity contribution in [3.8, 4) is 28.7 Å². The highest BCUT2D eigenvalue weighted by atomic mass is 35.5. The second-order valence-electron chi connectivity index (χ2n) is 5.94. The first-order valence-electron chi connectivity index (χ1n) is 8.10. The maximum absolute atomic E-state index is 9.60. The number of benzene rings is 4. The van der Waals surface area contributed by atoms with Crippen molar-refractivity contribution >= 4 is 44.7 Å². The summed E-state index contributed by atoms with van der Waals surface area (Å²) in [4.78, 5) is 0. The Bertz CT molecular complexity index is 1120. The average molecular weight is 419 g/mol. The molecule has 0 amide bonds. The summed E-state index contributed by atoms with van der Waals surface area (Å²) in [5.41, 5.74) is 0. The van der Waals surface area contributed by atoms with E-state index in [1.54, 1.807) is 49.6 Å². The minimum Gasteiger partial charge on any atom is -0.508 e. The number of hydrogen-bond donors (Lipinski definition) is 4. The lowest BCUT2D eigenvalue weighted by Crippen LogP contribution is -1.84. The van der Waals surface area contributed by atoms with E-state index in [2.05, 4.69) is 0 Å². The van der Waals surface area contributed by atoms with Crippen LogP contribution in [0.25, 0.3) is 21.5 Å². The van der Waals surface area contributed by atoms with Gasteiger partial charge in [-0.15, -0.1) is 0 Å². The van der Waals surface area contributed by atoms with Gasteiger partial charge in [0.05, 0.1) is 17.2 Å². The fourth-order valence-corrected chi connectivity index (χ4v) is 3.18. The number of halogens is 2. The molecule has 7 heteroatoms. The molecule has 0 aromatic heterocycles. The molecule has 0 bridgehead atoms. The normalized spacial score (nSPS) is 10.5. The third-order valence-corrected chi connectivity index (χ3v) is 4.84. The first kappa shape index (κ1) is 19.7. The Hall–Kier alpha value is -3.02. The van der Waals surface area contributed by atoms with E-state index >= 15 is 0 Å². The van der Waals surface area contributed by atoms with E-state index < -0.39 is 0 Å². The highest BCUT2D eigenvalue weighted by Gasteiger charge is 2.09. The van der Waals surface area contributed by atoms with Gasteiger partial charge in [0, 0.05) is 22.2 Å². The largest absolute Gasteiger partial charge is 0.508 e. The van der Waals surface area contributed by atoms with Crippen molar-refractivity contribution in [2.24, 2.45) is 0 Å². The zero-order valence-corrected chi connectivity index (χ0v) is 16.2. The summed E-state index contributed by atoms with van der Waals surface area (Å²) >= 11 is 11.6. The van der Waals surface area contributed by atoms with Crippen LogP contribution in [0.3, 0.4) is 0 Å². The molecule has 28 heavy (non-hydrogen) atoms. The van der Waals surface area contributed by atoms with Crippen molar-refractivity contribution in [2.45, 2.75) is 0 Å². The summed E-state index contributed by atoms with van der Waals surface area (Å²) in [6.45, 7) is 0. The quantitative estimate of drug-likeness (QED) is 0.312. The van der Waals surface area contributed by atoms with Gasteiger partial charge in [-0.05, 0) is 47.9 Å². The molecule has 0 aliphatic heterocycles. The molecule has 0 radical (unpaired) electrons. The lowest BCUT2D eigenvalue weighted by atomic mass is 10.1. The molecule has 4 aromatic carbocycles. The number of rotatable bonds is 1. The lowest BCUT2D eigenvalue weighted by molar-refractivity contribution is 0.412. The van der Waals surface area contributed by atoms with E-state index in [4.69, 9.17) is 27.9 Å². The van der Waals surface area contributed by atoms with Gasteiger partial charge in [0.2, 0.25) is 0 Å². The number of ether oxygens (including phenoxy) is 1. The van der Waals surface area contributed by atoms with Gasteiger partial charge in [0.25, 0.3) is 0 Å². The van der Waals surface area contributed by atoms with Gasteiger partial charge >= 0.3 is 0 Å². The molecule has 0 saturated heterocycles. The highest BCUT2D eigenvalue weighted by molar-refractivity contribution is 6.38. The van der Waals surface area contributed by atoms with Crippen molar-refractivity contribution in [1.82, 2.24) is 0 Å². The molecule has 0 saturated carbocycles. The molecule has 144 valence electrons. The Labute approximate surface area is 170 Å². The standard InChI is InChI=1S/C11H10O3.C10H6Cl2O2/c1-14-11-6-9(13)5-7-4-8(12)2-3-10(7)11;11-7-3-1-5-6(10(7)14)2-4-8(13)9(5)12/h2-6,12-13H,1H3;1-4,13-14H. The summed E-state index contributed by atoms with van der Waals surface area (Å²) in [7, 11) is 1.54. The third-order valence-electron chi connectivity index (χ3n) is 4.14. The molecule has 0 spiro atoms. The number of phenols is 4. The van der Waals surface area contributed by atoms with Gasteiger partial charge in [-0.2, -0.15) is 0 Å². The van der Waals surface area contributed by atoms with Crippen LogP contribution < -0.4 is 4.74 Å². The van der Waals surface area contributed by atoms with Gasteiger partial charge in [0.1, 0.15) is 28.7 Å². The monoisotopic (exact) mass is 418 g/mol. The number of aromatic hydroxyl groups is 4. The molecular weight excluding hydrogens is 403 g/mol. The van der Waals surface area contributed by atoms with Crippen molar-refractivity contribution in [2.75, 3.05) is 7.11 Å². The zero-order valence-electron chi connectivity index (χ0n) is 14.6. The molecule has 0 aliphatic carbocycles. The second-order valence-corrected chi connectivity index (χ2v) is 6.73. The lowest BCUT2D eigenvalue weighted by Gasteiger charge is -2.06. The van der Waals surface area contributed by atoms with Crippen molar-refractivity contribution < 1.29 is 25.2 Å². The number of hydrogen-bond acceptors (Lipinski definition) is 5. The van der Waals surface area contributed by atoms with Crippen LogP contribution in [-0.4, -0.2) is 27.5 Å². The van der Waals surface area contributed by atoms with Crippen LogP contribution in [0, 0.1) is 0 Å². The number of phenolic OH excluding ortho intramolecular Hbond substituents is 4. The van der Waals surface area contributed by atoms with Crippen LogP contribution in [0.5, 0.6) is 28.7 Å². The molecule has 0 fully saturated rings. The van der Waals surface area contributed by atoms with Gasteiger partial charge in [0.15, 0.2) is 0 Å². The molecule has 0 heterocycles. The first-order chi connectivity index (χ1) is 13.3. The van der Waals surface area contributed by atoms with E-state index in [9.17, 15) is 20.4 Å². The highest BCUT2D eigenvalue weighted by Crippen LogP contribution is 2.39. The van der Waals surface area contributed by atoms with E-state index in [-0.39, 0.29) is 33.0 Å². The topological polar surface area (TPSA) is 90.2 Å².